The van der Waals surface area contributed by atoms with Crippen LogP contribution < -0.4 is 10.2 Å². The summed E-state index contributed by atoms with van der Waals surface area (Å²) in [6.07, 6.45) is 1.85. The van der Waals surface area contributed by atoms with Crippen LogP contribution >= 0.6 is 15.9 Å². The topological polar surface area (TPSA) is 28.2 Å². The second-order valence-corrected chi connectivity index (χ2v) is 5.73. The van der Waals surface area contributed by atoms with E-state index in [4.69, 9.17) is 0 Å². The number of hydrogen-bond donors (Lipinski definition) is 1. The first-order chi connectivity index (χ1) is 8.00. The molecule has 17 heavy (non-hydrogen) atoms. The molecule has 0 saturated heterocycles. The van der Waals surface area contributed by atoms with Crippen LogP contribution in [0, 0.1) is 12.8 Å². The Kier molecular flexibility index (Phi) is 5.92. The van der Waals surface area contributed by atoms with Gasteiger partial charge in [-0.15, -0.1) is 0 Å². The van der Waals surface area contributed by atoms with Crippen molar-refractivity contribution in [3.05, 3.63) is 22.3 Å². The average molecular weight is 300 g/mol. The van der Waals surface area contributed by atoms with Gasteiger partial charge < -0.3 is 10.2 Å². The van der Waals surface area contributed by atoms with Gasteiger partial charge in [-0.05, 0) is 46.9 Å². The Morgan fingerprint density at radius 3 is 2.76 bits per heavy atom. The minimum Gasteiger partial charge on any atom is -0.358 e. The lowest BCUT2D eigenvalue weighted by molar-refractivity contribution is 0.554. The first-order valence-electron chi connectivity index (χ1n) is 6.04. The second-order valence-electron chi connectivity index (χ2n) is 4.81. The van der Waals surface area contributed by atoms with E-state index in [-0.39, 0.29) is 0 Å². The lowest BCUT2D eigenvalue weighted by atomic mass is 10.2. The molecule has 0 aliphatic carbocycles. The summed E-state index contributed by atoms with van der Waals surface area (Å²) in [7, 11) is 2.08. The van der Waals surface area contributed by atoms with Gasteiger partial charge in [-0.25, -0.2) is 4.98 Å². The minimum absolute atomic E-state index is 0.702. The van der Waals surface area contributed by atoms with Crippen molar-refractivity contribution >= 4 is 21.7 Å². The standard InChI is InChI=1S/C13H22BrN3/c1-10(2)8-15-5-6-17(4)13-11(3)7-12(14)9-16-13/h7,9-10,15H,5-6,8H2,1-4H3. The SMILES string of the molecule is Cc1cc(Br)cnc1N(C)CCNCC(C)C. The Balaban J connectivity index is 2.44. The van der Waals surface area contributed by atoms with Crippen LogP contribution in [0.1, 0.15) is 19.4 Å². The maximum absolute atomic E-state index is 4.44. The molecule has 0 saturated carbocycles. The molecule has 0 aliphatic heterocycles. The van der Waals surface area contributed by atoms with E-state index in [1.165, 1.54) is 5.56 Å². The second kappa shape index (κ2) is 6.97. The maximum Gasteiger partial charge on any atom is 0.131 e. The highest BCUT2D eigenvalue weighted by Crippen LogP contribution is 2.19. The highest BCUT2D eigenvalue weighted by atomic mass is 79.9. The summed E-state index contributed by atoms with van der Waals surface area (Å²) < 4.78 is 1.03. The molecule has 0 unspecified atom stereocenters. The number of pyridine rings is 1. The molecule has 0 spiro atoms. The summed E-state index contributed by atoms with van der Waals surface area (Å²) in [6.45, 7) is 9.56. The van der Waals surface area contributed by atoms with Crippen LogP contribution in [0.15, 0.2) is 16.7 Å². The Hall–Kier alpha value is -0.610. The van der Waals surface area contributed by atoms with E-state index >= 15 is 0 Å². The predicted octanol–water partition coefficient (Wildman–Crippen LogP) is 2.83. The van der Waals surface area contributed by atoms with E-state index < -0.39 is 0 Å². The van der Waals surface area contributed by atoms with Crippen molar-refractivity contribution in [2.24, 2.45) is 5.92 Å². The molecule has 1 aromatic heterocycles. The van der Waals surface area contributed by atoms with Gasteiger partial charge in [0.25, 0.3) is 0 Å². The molecule has 1 N–H and O–H groups in total. The van der Waals surface area contributed by atoms with Crippen molar-refractivity contribution in [3.8, 4) is 0 Å². The zero-order valence-corrected chi connectivity index (χ0v) is 12.7. The molecular weight excluding hydrogens is 278 g/mol. The van der Waals surface area contributed by atoms with E-state index in [2.05, 4.69) is 65.0 Å². The van der Waals surface area contributed by atoms with Crippen LogP contribution in [0.3, 0.4) is 0 Å². The first kappa shape index (κ1) is 14.5. The summed E-state index contributed by atoms with van der Waals surface area (Å²) >= 11 is 3.43. The lowest BCUT2D eigenvalue weighted by Crippen LogP contribution is -2.31. The molecule has 1 heterocycles. The third kappa shape index (κ3) is 5.04. The van der Waals surface area contributed by atoms with Gasteiger partial charge >= 0.3 is 0 Å². The zero-order valence-electron chi connectivity index (χ0n) is 11.1. The van der Waals surface area contributed by atoms with Crippen molar-refractivity contribution in [2.45, 2.75) is 20.8 Å². The normalized spacial score (nSPS) is 10.9. The molecule has 0 aromatic carbocycles. The molecule has 0 amide bonds. The quantitative estimate of drug-likeness (QED) is 0.819. The number of halogens is 1. The Morgan fingerprint density at radius 2 is 2.18 bits per heavy atom. The van der Waals surface area contributed by atoms with Crippen LogP contribution in [-0.4, -0.2) is 31.7 Å². The molecule has 0 atom stereocenters. The van der Waals surface area contributed by atoms with Gasteiger partial charge in [-0.1, -0.05) is 13.8 Å². The zero-order chi connectivity index (χ0) is 12.8. The Bertz CT molecular complexity index is 353. The Morgan fingerprint density at radius 1 is 1.47 bits per heavy atom. The third-order valence-electron chi connectivity index (χ3n) is 2.56. The number of hydrogen-bond acceptors (Lipinski definition) is 3. The fourth-order valence-corrected chi connectivity index (χ4v) is 2.12. The molecule has 1 aromatic rings. The van der Waals surface area contributed by atoms with E-state index in [0.29, 0.717) is 5.92 Å². The first-order valence-corrected chi connectivity index (χ1v) is 6.84. The van der Waals surface area contributed by atoms with Crippen LogP contribution in [-0.2, 0) is 0 Å². The molecule has 0 radical (unpaired) electrons. The highest BCUT2D eigenvalue weighted by molar-refractivity contribution is 9.10. The van der Waals surface area contributed by atoms with Gasteiger partial charge in [0.1, 0.15) is 5.82 Å². The van der Waals surface area contributed by atoms with Crippen LogP contribution in [0.5, 0.6) is 0 Å². The number of likely N-dealkylation sites (N-methyl/N-ethyl adjacent to an activating group) is 1. The molecule has 3 nitrogen and oxygen atoms in total. The van der Waals surface area contributed by atoms with Gasteiger partial charge in [0.15, 0.2) is 0 Å². The monoisotopic (exact) mass is 299 g/mol. The molecule has 96 valence electrons. The number of aromatic nitrogens is 1. The van der Waals surface area contributed by atoms with Crippen LogP contribution in [0.25, 0.3) is 0 Å². The fourth-order valence-electron chi connectivity index (χ4n) is 1.68. The molecular formula is C13H22BrN3. The van der Waals surface area contributed by atoms with E-state index in [1.807, 2.05) is 6.20 Å². The van der Waals surface area contributed by atoms with Crippen molar-refractivity contribution in [1.29, 1.82) is 0 Å². The van der Waals surface area contributed by atoms with E-state index in [0.717, 1.165) is 29.9 Å². The minimum atomic E-state index is 0.702. The number of nitrogens with one attached hydrogen (secondary N) is 1. The summed E-state index contributed by atoms with van der Waals surface area (Å²) in [6, 6.07) is 2.10. The fraction of sp³-hybridized carbons (Fsp3) is 0.615. The summed E-state index contributed by atoms with van der Waals surface area (Å²) in [5.41, 5.74) is 1.20. The summed E-state index contributed by atoms with van der Waals surface area (Å²) in [4.78, 5) is 6.63. The predicted molar refractivity (Wildman–Crippen MR) is 77.7 cm³/mol. The van der Waals surface area contributed by atoms with Crippen LogP contribution in [0.4, 0.5) is 5.82 Å². The molecule has 0 bridgehead atoms. The number of rotatable bonds is 6. The lowest BCUT2D eigenvalue weighted by Gasteiger charge is -2.20. The van der Waals surface area contributed by atoms with Gasteiger partial charge in [-0.2, -0.15) is 0 Å². The number of aryl methyl sites for hydroxylation is 1. The molecule has 1 rings (SSSR count). The molecule has 0 aliphatic rings. The van der Waals surface area contributed by atoms with Crippen molar-refractivity contribution in [1.82, 2.24) is 10.3 Å². The van der Waals surface area contributed by atoms with E-state index in [9.17, 15) is 0 Å². The van der Waals surface area contributed by atoms with Gasteiger partial charge in [0, 0.05) is 30.8 Å². The largest absolute Gasteiger partial charge is 0.358 e. The van der Waals surface area contributed by atoms with Crippen molar-refractivity contribution < 1.29 is 0 Å². The Labute approximate surface area is 113 Å². The van der Waals surface area contributed by atoms with Crippen molar-refractivity contribution in [2.75, 3.05) is 31.6 Å². The number of nitrogens with zero attached hydrogens (tertiary/aromatic N) is 2. The third-order valence-corrected chi connectivity index (χ3v) is 2.99. The van der Waals surface area contributed by atoms with E-state index in [1.54, 1.807) is 0 Å². The van der Waals surface area contributed by atoms with Gasteiger partial charge in [-0.3, -0.25) is 0 Å². The molecule has 4 heteroatoms. The van der Waals surface area contributed by atoms with Gasteiger partial charge in [0.2, 0.25) is 0 Å². The number of anilines is 1. The summed E-state index contributed by atoms with van der Waals surface area (Å²) in [5, 5.41) is 3.44. The molecule has 0 fully saturated rings. The van der Waals surface area contributed by atoms with Crippen molar-refractivity contribution in [3.63, 3.8) is 0 Å². The average Bonchev–Trinajstić information content (AvgIpc) is 2.23. The maximum atomic E-state index is 4.44. The van der Waals surface area contributed by atoms with Gasteiger partial charge in [0.05, 0.1) is 0 Å². The van der Waals surface area contributed by atoms with Crippen LogP contribution in [0.2, 0.25) is 0 Å². The smallest absolute Gasteiger partial charge is 0.131 e. The summed E-state index contributed by atoms with van der Waals surface area (Å²) in [5.74, 6) is 1.76. The highest BCUT2D eigenvalue weighted by Gasteiger charge is 2.06.